The van der Waals surface area contributed by atoms with Gasteiger partial charge < -0.3 is 5.32 Å². The molecule has 2 rings (SSSR count). The summed E-state index contributed by atoms with van der Waals surface area (Å²) in [6.07, 6.45) is 3.57. The van der Waals surface area contributed by atoms with E-state index in [1.807, 2.05) is 6.07 Å². The van der Waals surface area contributed by atoms with Gasteiger partial charge in [-0.15, -0.1) is 11.3 Å². The Balaban J connectivity index is 2.35. The molecule has 0 spiro atoms. The van der Waals surface area contributed by atoms with E-state index in [2.05, 4.69) is 40.6 Å². The standard InChI is InChI=1S/C12H15N3S/c1-3-13-10(11-9(2)5-8-16-11)12-14-6-4-7-15-12/h4-8,10,13H,3H2,1-2H3. The third-order valence-electron chi connectivity index (χ3n) is 2.42. The monoisotopic (exact) mass is 233 g/mol. The second-order valence-corrected chi connectivity index (χ2v) is 4.51. The molecule has 2 aromatic heterocycles. The third kappa shape index (κ3) is 2.28. The van der Waals surface area contributed by atoms with E-state index in [-0.39, 0.29) is 6.04 Å². The van der Waals surface area contributed by atoms with E-state index in [4.69, 9.17) is 0 Å². The lowest BCUT2D eigenvalue weighted by molar-refractivity contribution is 0.603. The Morgan fingerprint density at radius 2 is 2.12 bits per heavy atom. The lowest BCUT2D eigenvalue weighted by atomic mass is 10.1. The number of hydrogen-bond acceptors (Lipinski definition) is 4. The number of hydrogen-bond donors (Lipinski definition) is 1. The smallest absolute Gasteiger partial charge is 0.150 e. The fraction of sp³-hybridized carbons (Fsp3) is 0.333. The number of nitrogens with zero attached hydrogens (tertiary/aromatic N) is 2. The van der Waals surface area contributed by atoms with Gasteiger partial charge in [0.15, 0.2) is 0 Å². The molecule has 0 aliphatic carbocycles. The summed E-state index contributed by atoms with van der Waals surface area (Å²) in [6.45, 7) is 5.12. The second kappa shape index (κ2) is 5.18. The van der Waals surface area contributed by atoms with E-state index in [0.717, 1.165) is 12.4 Å². The van der Waals surface area contributed by atoms with Crippen LogP contribution in [0.15, 0.2) is 29.9 Å². The minimum atomic E-state index is 0.117. The number of aromatic nitrogens is 2. The van der Waals surface area contributed by atoms with Crippen molar-refractivity contribution in [1.82, 2.24) is 15.3 Å². The largest absolute Gasteiger partial charge is 0.303 e. The molecule has 0 saturated heterocycles. The van der Waals surface area contributed by atoms with Crippen LogP contribution in [0.4, 0.5) is 0 Å². The van der Waals surface area contributed by atoms with Crippen LogP contribution in [0.5, 0.6) is 0 Å². The van der Waals surface area contributed by atoms with Gasteiger partial charge in [0.05, 0.1) is 0 Å². The summed E-state index contributed by atoms with van der Waals surface area (Å²) in [5.41, 5.74) is 1.29. The van der Waals surface area contributed by atoms with Gasteiger partial charge in [0.25, 0.3) is 0 Å². The van der Waals surface area contributed by atoms with Gasteiger partial charge in [-0.2, -0.15) is 0 Å². The molecule has 16 heavy (non-hydrogen) atoms. The summed E-state index contributed by atoms with van der Waals surface area (Å²) in [7, 11) is 0. The van der Waals surface area contributed by atoms with Crippen molar-refractivity contribution in [2.24, 2.45) is 0 Å². The van der Waals surface area contributed by atoms with Crippen molar-refractivity contribution in [2.75, 3.05) is 6.54 Å². The molecule has 4 heteroatoms. The summed E-state index contributed by atoms with van der Waals surface area (Å²) in [4.78, 5) is 9.95. The molecule has 0 aromatic carbocycles. The van der Waals surface area contributed by atoms with Crippen molar-refractivity contribution in [3.8, 4) is 0 Å². The molecule has 0 fully saturated rings. The van der Waals surface area contributed by atoms with Gasteiger partial charge in [-0.25, -0.2) is 9.97 Å². The van der Waals surface area contributed by atoms with Gasteiger partial charge >= 0.3 is 0 Å². The fourth-order valence-electron chi connectivity index (χ4n) is 1.65. The number of nitrogens with one attached hydrogen (secondary N) is 1. The average Bonchev–Trinajstić information content (AvgIpc) is 2.73. The van der Waals surface area contributed by atoms with Crippen LogP contribution in [0.2, 0.25) is 0 Å². The molecular formula is C12H15N3S. The van der Waals surface area contributed by atoms with E-state index in [9.17, 15) is 0 Å². The molecular weight excluding hydrogens is 218 g/mol. The summed E-state index contributed by atoms with van der Waals surface area (Å²) >= 11 is 1.75. The van der Waals surface area contributed by atoms with Gasteiger partial charge in [0.1, 0.15) is 11.9 Å². The highest BCUT2D eigenvalue weighted by Crippen LogP contribution is 2.27. The van der Waals surface area contributed by atoms with Crippen LogP contribution in [0, 0.1) is 6.92 Å². The first-order valence-corrected chi connectivity index (χ1v) is 6.25. The van der Waals surface area contributed by atoms with Crippen molar-refractivity contribution in [3.05, 3.63) is 46.2 Å². The van der Waals surface area contributed by atoms with Gasteiger partial charge in [-0.1, -0.05) is 6.92 Å². The molecule has 0 bridgehead atoms. The molecule has 2 aromatic rings. The van der Waals surface area contributed by atoms with Crippen LogP contribution in [0.3, 0.4) is 0 Å². The van der Waals surface area contributed by atoms with Crippen LogP contribution in [0.25, 0.3) is 0 Å². The Bertz CT molecular complexity index is 439. The molecule has 3 nitrogen and oxygen atoms in total. The van der Waals surface area contributed by atoms with Crippen LogP contribution >= 0.6 is 11.3 Å². The molecule has 1 atom stereocenters. The molecule has 0 saturated carbocycles. The Labute approximate surface area is 99.6 Å². The minimum absolute atomic E-state index is 0.117. The lowest BCUT2D eigenvalue weighted by Gasteiger charge is -2.15. The number of aryl methyl sites for hydroxylation is 1. The van der Waals surface area contributed by atoms with E-state index in [0.29, 0.717) is 0 Å². The Kier molecular flexibility index (Phi) is 3.64. The number of rotatable bonds is 4. The summed E-state index contributed by atoms with van der Waals surface area (Å²) in [6, 6.07) is 4.09. The maximum atomic E-state index is 4.33. The maximum Gasteiger partial charge on any atom is 0.150 e. The molecule has 1 unspecified atom stereocenters. The predicted octanol–water partition coefficient (Wildman–Crippen LogP) is 2.55. The molecule has 0 radical (unpaired) electrons. The summed E-state index contributed by atoms with van der Waals surface area (Å²) in [5, 5.41) is 5.54. The number of thiophene rings is 1. The zero-order valence-electron chi connectivity index (χ0n) is 9.47. The Hall–Kier alpha value is -1.26. The molecule has 0 aliphatic heterocycles. The summed E-state index contributed by atoms with van der Waals surface area (Å²) in [5.74, 6) is 0.843. The van der Waals surface area contributed by atoms with Gasteiger partial charge in [0.2, 0.25) is 0 Å². The topological polar surface area (TPSA) is 37.8 Å². The first-order valence-electron chi connectivity index (χ1n) is 5.37. The normalized spacial score (nSPS) is 12.6. The minimum Gasteiger partial charge on any atom is -0.303 e. The maximum absolute atomic E-state index is 4.33. The molecule has 84 valence electrons. The first-order chi connectivity index (χ1) is 7.83. The third-order valence-corrected chi connectivity index (χ3v) is 3.50. The van der Waals surface area contributed by atoms with Crippen LogP contribution in [-0.2, 0) is 0 Å². The molecule has 1 N–H and O–H groups in total. The van der Waals surface area contributed by atoms with E-state index in [1.165, 1.54) is 10.4 Å². The van der Waals surface area contributed by atoms with Crippen molar-refractivity contribution in [2.45, 2.75) is 19.9 Å². The molecule has 0 aliphatic rings. The Morgan fingerprint density at radius 1 is 1.38 bits per heavy atom. The van der Waals surface area contributed by atoms with Gasteiger partial charge in [-0.05, 0) is 36.5 Å². The van der Waals surface area contributed by atoms with Crippen LogP contribution in [0.1, 0.15) is 29.2 Å². The predicted molar refractivity (Wildman–Crippen MR) is 66.6 cm³/mol. The Morgan fingerprint density at radius 3 is 2.69 bits per heavy atom. The first kappa shape index (κ1) is 11.2. The second-order valence-electron chi connectivity index (χ2n) is 3.57. The molecule has 0 amide bonds. The highest BCUT2D eigenvalue weighted by atomic mass is 32.1. The van der Waals surface area contributed by atoms with E-state index in [1.54, 1.807) is 23.7 Å². The van der Waals surface area contributed by atoms with Crippen LogP contribution in [-0.4, -0.2) is 16.5 Å². The lowest BCUT2D eigenvalue weighted by Crippen LogP contribution is -2.23. The highest BCUT2D eigenvalue weighted by molar-refractivity contribution is 7.10. The van der Waals surface area contributed by atoms with Crippen LogP contribution < -0.4 is 5.32 Å². The van der Waals surface area contributed by atoms with Crippen molar-refractivity contribution in [3.63, 3.8) is 0 Å². The fourth-order valence-corrected chi connectivity index (χ4v) is 2.64. The van der Waals surface area contributed by atoms with Crippen molar-refractivity contribution >= 4 is 11.3 Å². The SMILES string of the molecule is CCNC(c1ncccn1)c1sccc1C. The van der Waals surface area contributed by atoms with Crippen molar-refractivity contribution < 1.29 is 0 Å². The zero-order valence-corrected chi connectivity index (χ0v) is 10.3. The van der Waals surface area contributed by atoms with Gasteiger partial charge in [0, 0.05) is 17.3 Å². The summed E-state index contributed by atoms with van der Waals surface area (Å²) < 4.78 is 0. The quantitative estimate of drug-likeness (QED) is 0.882. The molecule has 2 heterocycles. The van der Waals surface area contributed by atoms with E-state index < -0.39 is 0 Å². The van der Waals surface area contributed by atoms with Crippen molar-refractivity contribution in [1.29, 1.82) is 0 Å². The zero-order chi connectivity index (χ0) is 11.4. The van der Waals surface area contributed by atoms with Gasteiger partial charge in [-0.3, -0.25) is 0 Å². The average molecular weight is 233 g/mol. The van der Waals surface area contributed by atoms with E-state index >= 15 is 0 Å². The highest BCUT2D eigenvalue weighted by Gasteiger charge is 2.18.